The number of aliphatic imine (C=N–C) groups is 1. The summed E-state index contributed by atoms with van der Waals surface area (Å²) in [6.07, 6.45) is 1.64. The summed E-state index contributed by atoms with van der Waals surface area (Å²) in [5.74, 6) is -3.77. The summed E-state index contributed by atoms with van der Waals surface area (Å²) in [6, 6.07) is 14.0. The van der Waals surface area contributed by atoms with Gasteiger partial charge in [-0.05, 0) is 37.3 Å². The van der Waals surface area contributed by atoms with Gasteiger partial charge in [0, 0.05) is 45.4 Å². The van der Waals surface area contributed by atoms with Gasteiger partial charge in [0.15, 0.2) is 0 Å². The fourth-order valence-electron chi connectivity index (χ4n) is 4.21. The molecular formula is C27H21ClF3N5O. The summed E-state index contributed by atoms with van der Waals surface area (Å²) in [4.78, 5) is 18.1. The number of halogens is 4. The Morgan fingerprint density at radius 2 is 1.84 bits per heavy atom. The molecule has 0 saturated heterocycles. The van der Waals surface area contributed by atoms with Crippen molar-refractivity contribution in [3.63, 3.8) is 0 Å². The number of aromatic amines is 1. The predicted molar refractivity (Wildman–Crippen MR) is 137 cm³/mol. The Morgan fingerprint density at radius 1 is 1.08 bits per heavy atom. The highest BCUT2D eigenvalue weighted by Crippen LogP contribution is 2.35. The lowest BCUT2D eigenvalue weighted by Gasteiger charge is -2.27. The quantitative estimate of drug-likeness (QED) is 0.280. The van der Waals surface area contributed by atoms with Gasteiger partial charge in [-0.1, -0.05) is 41.9 Å². The van der Waals surface area contributed by atoms with Crippen LogP contribution in [0, 0.1) is 5.82 Å². The first-order valence-corrected chi connectivity index (χ1v) is 11.7. The Labute approximate surface area is 215 Å². The first kappa shape index (κ1) is 24.6. The van der Waals surface area contributed by atoms with Crippen molar-refractivity contribution < 1.29 is 18.0 Å². The maximum atomic E-state index is 15.1. The molecule has 188 valence electrons. The molecule has 6 nitrogen and oxygen atoms in total. The molecule has 10 heteroatoms. The van der Waals surface area contributed by atoms with E-state index in [1.165, 1.54) is 36.4 Å². The zero-order chi connectivity index (χ0) is 26.3. The molecule has 2 heterocycles. The van der Waals surface area contributed by atoms with Crippen LogP contribution in [-0.2, 0) is 10.7 Å². The van der Waals surface area contributed by atoms with E-state index in [0.717, 1.165) is 23.9 Å². The number of allylic oxidation sites excluding steroid dienone is 1. The van der Waals surface area contributed by atoms with Crippen LogP contribution in [0.5, 0.6) is 0 Å². The third-order valence-electron chi connectivity index (χ3n) is 6.11. The van der Waals surface area contributed by atoms with E-state index in [4.69, 9.17) is 11.6 Å². The molecule has 1 amide bonds. The number of hydrogen-bond acceptors (Lipinski definition) is 4. The van der Waals surface area contributed by atoms with E-state index < -0.39 is 23.7 Å². The number of nitrogens with one attached hydrogen (secondary N) is 3. The minimum absolute atomic E-state index is 0.144. The SMILES string of the molecule is CC1=C(C(=O)Nc2ccc3[nH]ncc3c2)C(c2ccc(Cl)cc2F)N=C(c2ccc(C(C)(F)F)cc2)N1. The van der Waals surface area contributed by atoms with E-state index >= 15 is 4.39 Å². The Morgan fingerprint density at radius 3 is 2.54 bits per heavy atom. The zero-order valence-electron chi connectivity index (χ0n) is 19.7. The molecule has 37 heavy (non-hydrogen) atoms. The van der Waals surface area contributed by atoms with E-state index in [9.17, 15) is 13.6 Å². The summed E-state index contributed by atoms with van der Waals surface area (Å²) in [5.41, 5.74) is 2.50. The van der Waals surface area contributed by atoms with Gasteiger partial charge in [0.1, 0.15) is 17.7 Å². The normalized spacial score (nSPS) is 15.9. The van der Waals surface area contributed by atoms with E-state index in [1.807, 2.05) is 0 Å². The molecule has 4 aromatic rings. The molecule has 0 fully saturated rings. The number of amides is 1. The minimum Gasteiger partial charge on any atom is -0.343 e. The number of nitrogens with zero attached hydrogens (tertiary/aromatic N) is 2. The molecule has 1 aromatic heterocycles. The molecule has 5 rings (SSSR count). The summed E-state index contributed by atoms with van der Waals surface area (Å²) < 4.78 is 42.4. The maximum absolute atomic E-state index is 15.1. The fraction of sp³-hybridized carbons (Fsp3) is 0.148. The molecule has 0 radical (unpaired) electrons. The van der Waals surface area contributed by atoms with Crippen molar-refractivity contribution in [1.82, 2.24) is 15.5 Å². The zero-order valence-corrected chi connectivity index (χ0v) is 20.5. The lowest BCUT2D eigenvalue weighted by molar-refractivity contribution is -0.113. The number of H-pyrrole nitrogens is 1. The summed E-state index contributed by atoms with van der Waals surface area (Å²) >= 11 is 5.96. The first-order valence-electron chi connectivity index (χ1n) is 11.3. The Bertz CT molecular complexity index is 1570. The summed E-state index contributed by atoms with van der Waals surface area (Å²) in [5, 5.41) is 13.8. The predicted octanol–water partition coefficient (Wildman–Crippen LogP) is 6.47. The van der Waals surface area contributed by atoms with E-state index in [-0.39, 0.29) is 21.7 Å². The van der Waals surface area contributed by atoms with Gasteiger partial charge in [-0.3, -0.25) is 14.9 Å². The van der Waals surface area contributed by atoms with Crippen LogP contribution in [0.3, 0.4) is 0 Å². The fourth-order valence-corrected chi connectivity index (χ4v) is 4.36. The van der Waals surface area contributed by atoms with Gasteiger partial charge in [-0.25, -0.2) is 13.2 Å². The van der Waals surface area contributed by atoms with Crippen molar-refractivity contribution in [3.8, 4) is 0 Å². The minimum atomic E-state index is -2.99. The number of carbonyl (C=O) groups is 1. The van der Waals surface area contributed by atoms with Crippen molar-refractivity contribution in [1.29, 1.82) is 0 Å². The molecule has 3 N–H and O–H groups in total. The van der Waals surface area contributed by atoms with Crippen LogP contribution in [0.4, 0.5) is 18.9 Å². The highest BCUT2D eigenvalue weighted by atomic mass is 35.5. The Kier molecular flexibility index (Phi) is 6.25. The van der Waals surface area contributed by atoms with E-state index in [0.29, 0.717) is 22.8 Å². The van der Waals surface area contributed by atoms with E-state index in [1.54, 1.807) is 31.3 Å². The summed E-state index contributed by atoms with van der Waals surface area (Å²) in [7, 11) is 0. The number of alkyl halides is 2. The standard InChI is InChI=1S/C27H21ClF3N5O/c1-14-23(26(37)34-19-8-10-22-16(11-19)13-32-36-22)24(20-9-7-18(28)12-21(20)29)35-25(33-14)15-3-5-17(6-4-15)27(2,30)31/h3-13,24H,1-2H3,(H,32,36)(H,33,35)(H,34,37). The van der Waals surface area contributed by atoms with Crippen molar-refractivity contribution >= 4 is 39.9 Å². The van der Waals surface area contributed by atoms with Crippen LogP contribution in [0.2, 0.25) is 5.02 Å². The Hall–Kier alpha value is -4.11. The number of aromatic nitrogens is 2. The molecule has 0 saturated carbocycles. The second kappa shape index (κ2) is 9.40. The molecule has 0 bridgehead atoms. The van der Waals surface area contributed by atoms with Gasteiger partial charge >= 0.3 is 0 Å². The second-order valence-corrected chi connectivity index (χ2v) is 9.24. The van der Waals surface area contributed by atoms with Crippen LogP contribution < -0.4 is 10.6 Å². The van der Waals surface area contributed by atoms with Crippen LogP contribution in [0.15, 0.2) is 83.1 Å². The molecular weight excluding hydrogens is 503 g/mol. The number of hydrogen-bond donors (Lipinski definition) is 3. The second-order valence-electron chi connectivity index (χ2n) is 8.80. The molecule has 1 aliphatic rings. The van der Waals surface area contributed by atoms with Crippen molar-refractivity contribution in [2.45, 2.75) is 25.8 Å². The number of amidine groups is 1. The van der Waals surface area contributed by atoms with Crippen molar-refractivity contribution in [3.05, 3.63) is 106 Å². The largest absolute Gasteiger partial charge is 0.343 e. The third kappa shape index (κ3) is 4.95. The van der Waals surface area contributed by atoms with Crippen LogP contribution in [-0.4, -0.2) is 21.9 Å². The highest BCUT2D eigenvalue weighted by molar-refractivity contribution is 6.30. The van der Waals surface area contributed by atoms with Gasteiger partial charge in [-0.15, -0.1) is 0 Å². The van der Waals surface area contributed by atoms with Gasteiger partial charge < -0.3 is 10.6 Å². The van der Waals surface area contributed by atoms with E-state index in [2.05, 4.69) is 25.8 Å². The molecule has 1 unspecified atom stereocenters. The monoisotopic (exact) mass is 523 g/mol. The number of benzene rings is 3. The van der Waals surface area contributed by atoms with Crippen LogP contribution >= 0.6 is 11.6 Å². The van der Waals surface area contributed by atoms with Crippen LogP contribution in [0.1, 0.15) is 36.6 Å². The lowest BCUT2D eigenvalue weighted by atomic mass is 9.94. The average molecular weight is 524 g/mol. The number of rotatable bonds is 5. The lowest BCUT2D eigenvalue weighted by Crippen LogP contribution is -2.34. The molecule has 3 aromatic carbocycles. The third-order valence-corrected chi connectivity index (χ3v) is 6.34. The number of anilines is 1. The van der Waals surface area contributed by atoms with Crippen molar-refractivity contribution in [2.24, 2.45) is 4.99 Å². The molecule has 1 atom stereocenters. The van der Waals surface area contributed by atoms with Gasteiger partial charge in [0.05, 0.1) is 17.3 Å². The Balaban J connectivity index is 1.53. The number of fused-ring (bicyclic) bond motifs is 1. The summed E-state index contributed by atoms with van der Waals surface area (Å²) in [6.45, 7) is 2.50. The maximum Gasteiger partial charge on any atom is 0.270 e. The highest BCUT2D eigenvalue weighted by Gasteiger charge is 2.32. The van der Waals surface area contributed by atoms with Crippen LogP contribution in [0.25, 0.3) is 10.9 Å². The topological polar surface area (TPSA) is 82.2 Å². The van der Waals surface area contributed by atoms with Crippen molar-refractivity contribution in [2.75, 3.05) is 5.32 Å². The van der Waals surface area contributed by atoms with Gasteiger partial charge in [-0.2, -0.15) is 5.10 Å². The van der Waals surface area contributed by atoms with Gasteiger partial charge in [0.2, 0.25) is 0 Å². The molecule has 0 spiro atoms. The number of carbonyl (C=O) groups excluding carboxylic acids is 1. The molecule has 1 aliphatic heterocycles. The molecule has 0 aliphatic carbocycles. The van der Waals surface area contributed by atoms with Gasteiger partial charge in [0.25, 0.3) is 11.8 Å². The first-order chi connectivity index (χ1) is 17.6. The average Bonchev–Trinajstić information content (AvgIpc) is 3.31. The smallest absolute Gasteiger partial charge is 0.270 e.